The van der Waals surface area contributed by atoms with Crippen molar-refractivity contribution in [3.63, 3.8) is 0 Å². The second-order valence-corrected chi connectivity index (χ2v) is 5.20. The van der Waals surface area contributed by atoms with Crippen LogP contribution in [0, 0.1) is 6.92 Å². The molecule has 0 bridgehead atoms. The van der Waals surface area contributed by atoms with E-state index in [1.54, 1.807) is 0 Å². The van der Waals surface area contributed by atoms with Crippen molar-refractivity contribution in [2.45, 2.75) is 19.8 Å². The smallest absolute Gasteiger partial charge is 0.231 e. The molecule has 1 aromatic carbocycles. The van der Waals surface area contributed by atoms with Crippen molar-refractivity contribution in [3.8, 4) is 11.5 Å². The van der Waals surface area contributed by atoms with Gasteiger partial charge in [0, 0.05) is 35.9 Å². The molecule has 4 nitrogen and oxygen atoms in total. The predicted molar refractivity (Wildman–Crippen MR) is 74.1 cm³/mol. The third kappa shape index (κ3) is 1.70. The van der Waals surface area contributed by atoms with Gasteiger partial charge in [-0.05, 0) is 31.9 Å². The molecule has 0 amide bonds. The number of hydrogen-bond donors (Lipinski definition) is 0. The number of rotatable bonds is 1. The van der Waals surface area contributed by atoms with Crippen molar-refractivity contribution in [2.75, 3.05) is 24.8 Å². The van der Waals surface area contributed by atoms with Gasteiger partial charge >= 0.3 is 0 Å². The first-order valence-corrected chi connectivity index (χ1v) is 6.77. The van der Waals surface area contributed by atoms with E-state index >= 15 is 0 Å². The number of aryl methyl sites for hydroxylation is 1. The van der Waals surface area contributed by atoms with Crippen molar-refractivity contribution < 1.29 is 9.47 Å². The molecule has 0 saturated carbocycles. The standard InChI is InChI=1S/C15H16N2O2/c1-10-6-13(17-4-2-3-5-17)11-7-14-15(19-9-18-14)8-12(11)16-10/h6-8H,2-5,9H2,1H3. The summed E-state index contributed by atoms with van der Waals surface area (Å²) in [7, 11) is 0. The van der Waals surface area contributed by atoms with E-state index in [2.05, 4.69) is 22.0 Å². The van der Waals surface area contributed by atoms with E-state index in [0.29, 0.717) is 6.79 Å². The number of benzene rings is 1. The van der Waals surface area contributed by atoms with Crippen LogP contribution in [0.3, 0.4) is 0 Å². The lowest BCUT2D eigenvalue weighted by Gasteiger charge is -2.20. The van der Waals surface area contributed by atoms with Crippen molar-refractivity contribution >= 4 is 16.6 Å². The monoisotopic (exact) mass is 256 g/mol. The second kappa shape index (κ2) is 4.02. The maximum absolute atomic E-state index is 5.49. The van der Waals surface area contributed by atoms with Gasteiger partial charge in [0.2, 0.25) is 6.79 Å². The average Bonchev–Trinajstić information content (AvgIpc) is 3.06. The molecule has 1 saturated heterocycles. The van der Waals surface area contributed by atoms with Gasteiger partial charge in [0.1, 0.15) is 0 Å². The molecule has 1 aromatic heterocycles. The lowest BCUT2D eigenvalue weighted by Crippen LogP contribution is -2.18. The van der Waals surface area contributed by atoms with Gasteiger partial charge in [-0.1, -0.05) is 0 Å². The number of anilines is 1. The van der Waals surface area contributed by atoms with E-state index in [1.165, 1.54) is 18.5 Å². The Balaban J connectivity index is 1.95. The number of ether oxygens (including phenoxy) is 2. The molecule has 3 heterocycles. The molecular formula is C15H16N2O2. The third-order valence-electron chi connectivity index (χ3n) is 3.86. The van der Waals surface area contributed by atoms with Gasteiger partial charge in [0.15, 0.2) is 11.5 Å². The van der Waals surface area contributed by atoms with Crippen LogP contribution in [0.5, 0.6) is 11.5 Å². The molecule has 0 unspecified atom stereocenters. The Hall–Kier alpha value is -1.97. The molecule has 0 aliphatic carbocycles. The van der Waals surface area contributed by atoms with Crippen molar-refractivity contribution in [1.29, 1.82) is 0 Å². The van der Waals surface area contributed by atoms with Gasteiger partial charge in [-0.25, -0.2) is 0 Å². The zero-order valence-electron chi connectivity index (χ0n) is 11.0. The summed E-state index contributed by atoms with van der Waals surface area (Å²) in [5.41, 5.74) is 3.32. The fraction of sp³-hybridized carbons (Fsp3) is 0.400. The second-order valence-electron chi connectivity index (χ2n) is 5.20. The van der Waals surface area contributed by atoms with Gasteiger partial charge in [-0.15, -0.1) is 0 Å². The lowest BCUT2D eigenvalue weighted by molar-refractivity contribution is 0.174. The zero-order chi connectivity index (χ0) is 12.8. The summed E-state index contributed by atoms with van der Waals surface area (Å²) in [4.78, 5) is 7.07. The topological polar surface area (TPSA) is 34.6 Å². The number of hydrogen-bond acceptors (Lipinski definition) is 4. The van der Waals surface area contributed by atoms with Crippen molar-refractivity contribution in [3.05, 3.63) is 23.9 Å². The van der Waals surface area contributed by atoms with E-state index < -0.39 is 0 Å². The van der Waals surface area contributed by atoms with Crippen LogP contribution in [0.1, 0.15) is 18.5 Å². The fourth-order valence-corrected chi connectivity index (χ4v) is 2.95. The zero-order valence-corrected chi connectivity index (χ0v) is 11.0. The summed E-state index contributed by atoms with van der Waals surface area (Å²) in [6.45, 7) is 4.62. The fourth-order valence-electron chi connectivity index (χ4n) is 2.95. The Morgan fingerprint density at radius 1 is 1.05 bits per heavy atom. The number of nitrogens with zero attached hydrogens (tertiary/aromatic N) is 2. The highest BCUT2D eigenvalue weighted by molar-refractivity contribution is 5.94. The summed E-state index contributed by atoms with van der Waals surface area (Å²) in [5, 5.41) is 1.16. The van der Waals surface area contributed by atoms with Gasteiger partial charge in [-0.2, -0.15) is 0 Å². The largest absolute Gasteiger partial charge is 0.454 e. The molecule has 0 spiro atoms. The van der Waals surface area contributed by atoms with E-state index in [1.807, 2.05) is 13.0 Å². The highest BCUT2D eigenvalue weighted by Crippen LogP contribution is 2.39. The first-order chi connectivity index (χ1) is 9.31. The molecule has 2 aliphatic heterocycles. The summed E-state index contributed by atoms with van der Waals surface area (Å²) in [5.74, 6) is 1.64. The highest BCUT2D eigenvalue weighted by Gasteiger charge is 2.20. The van der Waals surface area contributed by atoms with Crippen LogP contribution in [-0.2, 0) is 0 Å². The Kier molecular flexibility index (Phi) is 2.31. The van der Waals surface area contributed by atoms with Crippen LogP contribution >= 0.6 is 0 Å². The van der Waals surface area contributed by atoms with Crippen LogP contribution in [0.15, 0.2) is 18.2 Å². The van der Waals surface area contributed by atoms with Crippen LogP contribution in [0.25, 0.3) is 10.9 Å². The normalized spacial score (nSPS) is 17.4. The first-order valence-electron chi connectivity index (χ1n) is 6.77. The van der Waals surface area contributed by atoms with E-state index in [-0.39, 0.29) is 0 Å². The molecule has 2 aliphatic rings. The van der Waals surface area contributed by atoms with E-state index in [9.17, 15) is 0 Å². The summed E-state index contributed by atoms with van der Waals surface area (Å²) >= 11 is 0. The first kappa shape index (κ1) is 10.9. The quantitative estimate of drug-likeness (QED) is 0.785. The molecule has 0 radical (unpaired) electrons. The maximum atomic E-state index is 5.49. The van der Waals surface area contributed by atoms with Crippen molar-refractivity contribution in [1.82, 2.24) is 4.98 Å². The van der Waals surface area contributed by atoms with Crippen LogP contribution in [0.2, 0.25) is 0 Å². The molecule has 4 rings (SSSR count). The minimum Gasteiger partial charge on any atom is -0.454 e. The van der Waals surface area contributed by atoms with Gasteiger partial charge in [-0.3, -0.25) is 4.98 Å². The van der Waals surface area contributed by atoms with E-state index in [0.717, 1.165) is 41.2 Å². The Morgan fingerprint density at radius 3 is 2.58 bits per heavy atom. The molecule has 4 heteroatoms. The number of aromatic nitrogens is 1. The van der Waals surface area contributed by atoms with Crippen LogP contribution in [-0.4, -0.2) is 24.9 Å². The van der Waals surface area contributed by atoms with E-state index in [4.69, 9.17) is 9.47 Å². The summed E-state index contributed by atoms with van der Waals surface area (Å²) in [6.07, 6.45) is 2.54. The SMILES string of the molecule is Cc1cc(N2CCCC2)c2cc3c(cc2n1)OCO3. The summed E-state index contributed by atoms with van der Waals surface area (Å²) in [6, 6.07) is 6.23. The maximum Gasteiger partial charge on any atom is 0.231 e. The highest BCUT2D eigenvalue weighted by atomic mass is 16.7. The molecule has 2 aromatic rings. The molecule has 98 valence electrons. The molecule has 19 heavy (non-hydrogen) atoms. The van der Waals surface area contributed by atoms with Gasteiger partial charge in [0.25, 0.3) is 0 Å². The molecule has 1 fully saturated rings. The van der Waals surface area contributed by atoms with Crippen molar-refractivity contribution in [2.24, 2.45) is 0 Å². The third-order valence-corrected chi connectivity index (χ3v) is 3.86. The van der Waals surface area contributed by atoms with Crippen LogP contribution < -0.4 is 14.4 Å². The van der Waals surface area contributed by atoms with Gasteiger partial charge in [0.05, 0.1) is 5.52 Å². The molecule has 0 atom stereocenters. The predicted octanol–water partition coefficient (Wildman–Crippen LogP) is 2.87. The molecular weight excluding hydrogens is 240 g/mol. The Labute approximate surface area is 111 Å². The minimum absolute atomic E-state index is 0.309. The van der Waals surface area contributed by atoms with Gasteiger partial charge < -0.3 is 14.4 Å². The number of fused-ring (bicyclic) bond motifs is 2. The summed E-state index contributed by atoms with van der Waals surface area (Å²) < 4.78 is 10.9. The number of pyridine rings is 1. The average molecular weight is 256 g/mol. The Morgan fingerprint density at radius 2 is 1.79 bits per heavy atom. The lowest BCUT2D eigenvalue weighted by atomic mass is 10.1. The minimum atomic E-state index is 0.309. The Bertz CT molecular complexity index is 648. The molecule has 0 N–H and O–H groups in total. The van der Waals surface area contributed by atoms with Crippen LogP contribution in [0.4, 0.5) is 5.69 Å².